The number of hydrogen-bond acceptors (Lipinski definition) is 3. The van der Waals surface area contributed by atoms with Gasteiger partial charge in [0.1, 0.15) is 0 Å². The van der Waals surface area contributed by atoms with Crippen molar-refractivity contribution >= 4 is 0 Å². The third kappa shape index (κ3) is 3.91. The summed E-state index contributed by atoms with van der Waals surface area (Å²) in [6.45, 7) is 5.02. The Morgan fingerprint density at radius 1 is 1.31 bits per heavy atom. The van der Waals surface area contributed by atoms with Gasteiger partial charge in [0.2, 0.25) is 0 Å². The normalized spacial score (nSPS) is 14.7. The third-order valence-electron chi connectivity index (χ3n) is 2.69. The van der Waals surface area contributed by atoms with Gasteiger partial charge in [0, 0.05) is 25.0 Å². The van der Waals surface area contributed by atoms with Gasteiger partial charge in [-0.15, -0.1) is 0 Å². The topological polar surface area (TPSA) is 48.1 Å². The Hall–Kier alpha value is -0.930. The van der Waals surface area contributed by atoms with Crippen LogP contribution < -0.4 is 5.73 Å². The molecule has 0 aromatic carbocycles. The average Bonchev–Trinajstić information content (AvgIpc) is 2.35. The van der Waals surface area contributed by atoms with E-state index in [9.17, 15) is 0 Å². The number of hydrogen-bond donors (Lipinski definition) is 1. The molecular weight excluding hydrogens is 200 g/mol. The zero-order chi connectivity index (χ0) is 11.8. The monoisotopic (exact) mass is 222 g/mol. The van der Waals surface area contributed by atoms with Crippen LogP contribution in [-0.2, 0) is 4.74 Å². The summed E-state index contributed by atoms with van der Waals surface area (Å²) in [5.41, 5.74) is 7.21. The maximum atomic E-state index is 6.09. The largest absolute Gasteiger partial charge is 0.372 e. The fourth-order valence-corrected chi connectivity index (χ4v) is 1.59. The van der Waals surface area contributed by atoms with Crippen molar-refractivity contribution in [2.75, 3.05) is 6.61 Å². The minimum absolute atomic E-state index is 0.000417. The first-order chi connectivity index (χ1) is 7.79. The molecule has 1 aromatic rings. The first-order valence-corrected chi connectivity index (χ1v) is 6.06. The number of unbranched alkanes of at least 4 members (excludes halogenated alkanes) is 1. The molecule has 0 aliphatic carbocycles. The van der Waals surface area contributed by atoms with Crippen molar-refractivity contribution < 1.29 is 4.74 Å². The van der Waals surface area contributed by atoms with E-state index in [0.29, 0.717) is 0 Å². The molecule has 3 nitrogen and oxygen atoms in total. The smallest absolute Gasteiger partial charge is 0.0976 e. The summed E-state index contributed by atoms with van der Waals surface area (Å²) in [5.74, 6) is 0. The van der Waals surface area contributed by atoms with E-state index in [1.165, 1.54) is 0 Å². The molecule has 2 unspecified atom stereocenters. The van der Waals surface area contributed by atoms with Crippen LogP contribution in [0.4, 0.5) is 0 Å². The fraction of sp³-hybridized carbons (Fsp3) is 0.615. The van der Waals surface area contributed by atoms with Crippen LogP contribution in [0.3, 0.4) is 0 Å². The number of ether oxygens (including phenoxy) is 1. The quantitative estimate of drug-likeness (QED) is 0.721. The van der Waals surface area contributed by atoms with E-state index in [-0.39, 0.29) is 12.1 Å². The maximum absolute atomic E-state index is 6.09. The highest BCUT2D eigenvalue weighted by atomic mass is 16.5. The fourth-order valence-electron chi connectivity index (χ4n) is 1.59. The molecule has 0 bridgehead atoms. The summed E-state index contributed by atoms with van der Waals surface area (Å²) < 4.78 is 5.87. The van der Waals surface area contributed by atoms with E-state index in [1.54, 1.807) is 12.4 Å². The van der Waals surface area contributed by atoms with Crippen LogP contribution in [-0.4, -0.2) is 17.6 Å². The van der Waals surface area contributed by atoms with E-state index in [2.05, 4.69) is 18.8 Å². The van der Waals surface area contributed by atoms with Crippen LogP contribution in [0.1, 0.15) is 44.8 Å². The molecule has 2 atom stereocenters. The molecule has 90 valence electrons. The Kier molecular flexibility index (Phi) is 6.04. The van der Waals surface area contributed by atoms with Crippen LogP contribution in [0.25, 0.3) is 0 Å². The predicted molar refractivity (Wildman–Crippen MR) is 66.1 cm³/mol. The van der Waals surface area contributed by atoms with Gasteiger partial charge < -0.3 is 10.5 Å². The van der Waals surface area contributed by atoms with Crippen LogP contribution in [0.5, 0.6) is 0 Å². The lowest BCUT2D eigenvalue weighted by Crippen LogP contribution is -2.29. The highest BCUT2D eigenvalue weighted by Crippen LogP contribution is 2.21. The van der Waals surface area contributed by atoms with Gasteiger partial charge in [0.15, 0.2) is 0 Å². The second-order valence-electron chi connectivity index (χ2n) is 4.00. The average molecular weight is 222 g/mol. The molecule has 0 aliphatic rings. The van der Waals surface area contributed by atoms with E-state index >= 15 is 0 Å². The van der Waals surface area contributed by atoms with Crippen molar-refractivity contribution in [1.82, 2.24) is 4.98 Å². The molecular formula is C13H22N2O. The van der Waals surface area contributed by atoms with Gasteiger partial charge in [-0.2, -0.15) is 0 Å². The van der Waals surface area contributed by atoms with E-state index < -0.39 is 0 Å². The van der Waals surface area contributed by atoms with Gasteiger partial charge >= 0.3 is 0 Å². The van der Waals surface area contributed by atoms with Gasteiger partial charge in [0.25, 0.3) is 0 Å². The molecule has 0 radical (unpaired) electrons. The van der Waals surface area contributed by atoms with Gasteiger partial charge in [-0.1, -0.05) is 20.3 Å². The van der Waals surface area contributed by atoms with Gasteiger partial charge in [0.05, 0.1) is 6.10 Å². The standard InChI is InChI=1S/C13H22N2O/c1-3-5-10-16-13(12(14)4-2)11-6-8-15-9-7-11/h6-9,12-13H,3-5,10,14H2,1-2H3. The Morgan fingerprint density at radius 2 is 2.00 bits per heavy atom. The number of pyridine rings is 1. The minimum atomic E-state index is -0.000417. The highest BCUT2D eigenvalue weighted by Gasteiger charge is 2.18. The van der Waals surface area contributed by atoms with Gasteiger partial charge in [-0.3, -0.25) is 4.98 Å². The van der Waals surface area contributed by atoms with Crippen LogP contribution in [0.15, 0.2) is 24.5 Å². The molecule has 16 heavy (non-hydrogen) atoms. The molecule has 1 aromatic heterocycles. The number of rotatable bonds is 7. The zero-order valence-corrected chi connectivity index (χ0v) is 10.2. The lowest BCUT2D eigenvalue weighted by atomic mass is 10.0. The summed E-state index contributed by atoms with van der Waals surface area (Å²) in [5, 5.41) is 0. The van der Waals surface area contributed by atoms with Crippen molar-refractivity contribution in [1.29, 1.82) is 0 Å². The molecule has 1 rings (SSSR count). The summed E-state index contributed by atoms with van der Waals surface area (Å²) in [4.78, 5) is 4.01. The van der Waals surface area contributed by atoms with Crippen molar-refractivity contribution in [3.63, 3.8) is 0 Å². The maximum Gasteiger partial charge on any atom is 0.0976 e. The molecule has 0 fully saturated rings. The number of nitrogens with zero attached hydrogens (tertiary/aromatic N) is 1. The van der Waals surface area contributed by atoms with Gasteiger partial charge in [-0.25, -0.2) is 0 Å². The van der Waals surface area contributed by atoms with Crippen LogP contribution in [0, 0.1) is 0 Å². The summed E-state index contributed by atoms with van der Waals surface area (Å²) in [6.07, 6.45) is 6.71. The molecule has 1 heterocycles. The molecule has 2 N–H and O–H groups in total. The molecule has 3 heteroatoms. The lowest BCUT2D eigenvalue weighted by Gasteiger charge is -2.23. The SMILES string of the molecule is CCCCOC(c1ccncc1)C(N)CC. The summed E-state index contributed by atoms with van der Waals surface area (Å²) in [7, 11) is 0. The van der Waals surface area contributed by atoms with Crippen LogP contribution >= 0.6 is 0 Å². The van der Waals surface area contributed by atoms with Gasteiger partial charge in [-0.05, 0) is 30.5 Å². The first kappa shape index (κ1) is 13.1. The Bertz CT molecular complexity index is 277. The second-order valence-corrected chi connectivity index (χ2v) is 4.00. The van der Waals surface area contributed by atoms with Crippen molar-refractivity contribution in [3.05, 3.63) is 30.1 Å². The molecule has 0 spiro atoms. The Labute approximate surface area is 98.0 Å². The Morgan fingerprint density at radius 3 is 2.56 bits per heavy atom. The first-order valence-electron chi connectivity index (χ1n) is 6.06. The van der Waals surface area contributed by atoms with Crippen molar-refractivity contribution in [3.8, 4) is 0 Å². The second kappa shape index (κ2) is 7.36. The third-order valence-corrected chi connectivity index (χ3v) is 2.69. The molecule has 0 amide bonds. The minimum Gasteiger partial charge on any atom is -0.372 e. The molecule has 0 aliphatic heterocycles. The van der Waals surface area contributed by atoms with Crippen molar-refractivity contribution in [2.24, 2.45) is 5.73 Å². The summed E-state index contributed by atoms with van der Waals surface area (Å²) >= 11 is 0. The van der Waals surface area contributed by atoms with E-state index in [4.69, 9.17) is 10.5 Å². The number of aromatic nitrogens is 1. The van der Waals surface area contributed by atoms with E-state index in [1.807, 2.05) is 12.1 Å². The molecule has 0 saturated carbocycles. The Balaban J connectivity index is 2.64. The highest BCUT2D eigenvalue weighted by molar-refractivity contribution is 5.15. The molecule has 0 saturated heterocycles. The summed E-state index contributed by atoms with van der Waals surface area (Å²) in [6, 6.07) is 4.01. The number of nitrogens with two attached hydrogens (primary N) is 1. The van der Waals surface area contributed by atoms with E-state index in [0.717, 1.165) is 31.4 Å². The van der Waals surface area contributed by atoms with Crippen molar-refractivity contribution in [2.45, 2.75) is 45.3 Å². The lowest BCUT2D eigenvalue weighted by molar-refractivity contribution is 0.0317. The van der Waals surface area contributed by atoms with Crippen LogP contribution in [0.2, 0.25) is 0 Å². The zero-order valence-electron chi connectivity index (χ0n) is 10.2. The predicted octanol–water partition coefficient (Wildman–Crippen LogP) is 2.68.